The zero-order valence-electron chi connectivity index (χ0n) is 37.5. The number of ether oxygens (including phenoxy) is 2. The SMILES string of the molecule is c1ccc(N(c2ccccc2)c2cc3c4c(c2)N(c2ccccc2)c2ccccc2B4c2cc4c(cc2O3)Oc2c3c5c(c6c2B4c2ccccc2N6c2ccccc2)CCCN5CCC3)cc1. The second-order valence-corrected chi connectivity index (χ2v) is 18.9. The van der Waals surface area contributed by atoms with Crippen molar-refractivity contribution in [2.24, 2.45) is 0 Å². The number of hydrogen-bond acceptors (Lipinski definition) is 6. The molecule has 0 atom stereocenters. The van der Waals surface area contributed by atoms with E-state index in [-0.39, 0.29) is 13.4 Å². The molecule has 6 aliphatic rings. The van der Waals surface area contributed by atoms with Crippen LogP contribution in [0.4, 0.5) is 56.9 Å². The Morgan fingerprint density at radius 1 is 0.397 bits per heavy atom. The third-order valence-electron chi connectivity index (χ3n) is 15.3. The van der Waals surface area contributed by atoms with Gasteiger partial charge in [0.05, 0.1) is 11.4 Å². The largest absolute Gasteiger partial charge is 0.458 e. The maximum absolute atomic E-state index is 7.53. The van der Waals surface area contributed by atoms with E-state index < -0.39 is 0 Å². The van der Waals surface area contributed by atoms with Crippen LogP contribution in [0.25, 0.3) is 0 Å². The fraction of sp³-hybridized carbons (Fsp3) is 0.100. The summed E-state index contributed by atoms with van der Waals surface area (Å²) in [5.74, 6) is 3.61. The first-order chi connectivity index (χ1) is 33.8. The van der Waals surface area contributed by atoms with Gasteiger partial charge in [-0.3, -0.25) is 0 Å². The molecule has 0 N–H and O–H groups in total. The van der Waals surface area contributed by atoms with E-state index in [1.807, 2.05) is 0 Å². The van der Waals surface area contributed by atoms with Crippen molar-refractivity contribution in [3.05, 3.63) is 205 Å². The van der Waals surface area contributed by atoms with Crippen molar-refractivity contribution in [1.29, 1.82) is 0 Å². The van der Waals surface area contributed by atoms with Gasteiger partial charge in [0.15, 0.2) is 0 Å². The van der Waals surface area contributed by atoms with Gasteiger partial charge in [0.25, 0.3) is 13.4 Å². The Morgan fingerprint density at radius 2 is 0.926 bits per heavy atom. The molecule has 0 fully saturated rings. The van der Waals surface area contributed by atoms with Crippen LogP contribution in [0.15, 0.2) is 194 Å². The van der Waals surface area contributed by atoms with E-state index in [1.54, 1.807) is 0 Å². The number of hydrogen-bond donors (Lipinski definition) is 0. The molecule has 6 aliphatic heterocycles. The maximum Gasteiger partial charge on any atom is 0.256 e. The average molecular weight is 875 g/mol. The molecule has 0 radical (unpaired) electrons. The molecule has 0 saturated heterocycles. The molecule has 6 heterocycles. The van der Waals surface area contributed by atoms with Crippen LogP contribution < -0.4 is 61.9 Å². The number of rotatable bonds is 5. The van der Waals surface area contributed by atoms with Crippen LogP contribution in [0.2, 0.25) is 0 Å². The Labute approximate surface area is 397 Å². The molecule has 0 bridgehead atoms. The van der Waals surface area contributed by atoms with E-state index in [0.717, 1.165) is 101 Å². The zero-order valence-corrected chi connectivity index (χ0v) is 37.5. The predicted molar refractivity (Wildman–Crippen MR) is 282 cm³/mol. The van der Waals surface area contributed by atoms with E-state index in [4.69, 9.17) is 9.47 Å². The molecule has 9 aromatic rings. The van der Waals surface area contributed by atoms with Gasteiger partial charge < -0.3 is 29.1 Å². The van der Waals surface area contributed by atoms with Gasteiger partial charge in [-0.15, -0.1) is 0 Å². The van der Waals surface area contributed by atoms with Gasteiger partial charge in [-0.05, 0) is 131 Å². The fourth-order valence-corrected chi connectivity index (χ4v) is 12.7. The second-order valence-electron chi connectivity index (χ2n) is 18.9. The summed E-state index contributed by atoms with van der Waals surface area (Å²) < 4.78 is 14.9. The molecule has 9 aromatic carbocycles. The van der Waals surface area contributed by atoms with E-state index in [1.165, 1.54) is 61.2 Å². The molecule has 8 heteroatoms. The van der Waals surface area contributed by atoms with E-state index >= 15 is 0 Å². The molecule has 0 aromatic heterocycles. The predicted octanol–water partition coefficient (Wildman–Crippen LogP) is 10.7. The third-order valence-corrected chi connectivity index (χ3v) is 15.3. The number of anilines is 10. The highest BCUT2D eigenvalue weighted by Crippen LogP contribution is 2.52. The van der Waals surface area contributed by atoms with Gasteiger partial charge >= 0.3 is 0 Å². The van der Waals surface area contributed by atoms with Crippen LogP contribution in [0.5, 0.6) is 23.0 Å². The summed E-state index contributed by atoms with van der Waals surface area (Å²) in [4.78, 5) is 9.99. The quantitative estimate of drug-likeness (QED) is 0.160. The minimum atomic E-state index is -0.0973. The van der Waals surface area contributed by atoms with Gasteiger partial charge in [-0.1, -0.05) is 115 Å². The highest BCUT2D eigenvalue weighted by atomic mass is 16.5. The van der Waals surface area contributed by atoms with Crippen molar-refractivity contribution in [2.45, 2.75) is 25.7 Å². The summed E-state index contributed by atoms with van der Waals surface area (Å²) in [5.41, 5.74) is 21.9. The summed E-state index contributed by atoms with van der Waals surface area (Å²) in [6.07, 6.45) is 4.33. The Balaban J connectivity index is 0.987. The van der Waals surface area contributed by atoms with Gasteiger partial charge in [-0.2, -0.15) is 0 Å². The average Bonchev–Trinajstić information content (AvgIpc) is 3.40. The van der Waals surface area contributed by atoms with Crippen LogP contribution >= 0.6 is 0 Å². The van der Waals surface area contributed by atoms with Gasteiger partial charge in [-0.25, -0.2) is 0 Å². The Bertz CT molecular complexity index is 3480. The lowest BCUT2D eigenvalue weighted by atomic mass is 9.31. The highest BCUT2D eigenvalue weighted by Gasteiger charge is 2.49. The molecule has 0 aliphatic carbocycles. The molecular formula is C60H44B2N4O2. The van der Waals surface area contributed by atoms with Crippen molar-refractivity contribution >= 4 is 103 Å². The van der Waals surface area contributed by atoms with Crippen molar-refractivity contribution in [2.75, 3.05) is 32.7 Å². The Hall–Kier alpha value is -8.09. The van der Waals surface area contributed by atoms with E-state index in [2.05, 4.69) is 214 Å². The zero-order chi connectivity index (χ0) is 44.5. The Kier molecular flexibility index (Phi) is 8.23. The lowest BCUT2D eigenvalue weighted by Gasteiger charge is -2.47. The fourth-order valence-electron chi connectivity index (χ4n) is 12.7. The summed E-state index contributed by atoms with van der Waals surface area (Å²) in [6.45, 7) is 2.04. The second kappa shape index (κ2) is 14.7. The molecular weight excluding hydrogens is 830 g/mol. The first-order valence-corrected chi connectivity index (χ1v) is 24.2. The number of nitrogens with zero attached hydrogens (tertiary/aromatic N) is 4. The molecule has 0 unspecified atom stereocenters. The van der Waals surface area contributed by atoms with E-state index in [9.17, 15) is 0 Å². The van der Waals surface area contributed by atoms with Crippen molar-refractivity contribution in [3.63, 3.8) is 0 Å². The lowest BCUT2D eigenvalue weighted by molar-refractivity contribution is 0.460. The topological polar surface area (TPSA) is 31.4 Å². The molecule has 322 valence electrons. The van der Waals surface area contributed by atoms with Crippen LogP contribution in [-0.4, -0.2) is 26.5 Å². The molecule has 0 spiro atoms. The summed E-state index contributed by atoms with van der Waals surface area (Å²) in [5, 5.41) is 0. The monoisotopic (exact) mass is 874 g/mol. The van der Waals surface area contributed by atoms with Crippen molar-refractivity contribution in [3.8, 4) is 23.0 Å². The number of benzene rings is 9. The smallest absolute Gasteiger partial charge is 0.256 e. The van der Waals surface area contributed by atoms with Crippen LogP contribution in [0, 0.1) is 0 Å². The number of fused-ring (bicyclic) bond motifs is 10. The summed E-state index contributed by atoms with van der Waals surface area (Å²) >= 11 is 0. The van der Waals surface area contributed by atoms with Crippen molar-refractivity contribution in [1.82, 2.24) is 0 Å². The summed E-state index contributed by atoms with van der Waals surface area (Å²) in [6, 6.07) is 70.5. The van der Waals surface area contributed by atoms with Gasteiger partial charge in [0.2, 0.25) is 0 Å². The molecule has 6 nitrogen and oxygen atoms in total. The van der Waals surface area contributed by atoms with E-state index in [0.29, 0.717) is 0 Å². The molecule has 68 heavy (non-hydrogen) atoms. The Morgan fingerprint density at radius 3 is 1.57 bits per heavy atom. The minimum absolute atomic E-state index is 0.0303. The summed E-state index contributed by atoms with van der Waals surface area (Å²) in [7, 11) is 0. The lowest BCUT2D eigenvalue weighted by Crippen LogP contribution is -2.63. The first-order valence-electron chi connectivity index (χ1n) is 24.2. The highest BCUT2D eigenvalue weighted by molar-refractivity contribution is 7.02. The minimum Gasteiger partial charge on any atom is -0.458 e. The molecule has 0 saturated carbocycles. The normalized spacial score (nSPS) is 15.1. The number of para-hydroxylation sites is 6. The van der Waals surface area contributed by atoms with Gasteiger partial charge in [0.1, 0.15) is 23.0 Å². The standard InChI is InChI=1S/C60H44B2N4O2/c1-5-19-39(20-6-1)64(40-21-7-2-8-22-40)43-35-52-56-55(36-43)67-53-38-54-49(37-48(53)61(56)46-29-13-15-31-50(46)65(52)41-23-9-3-10-24-41)62-47-30-14-16-32-51(47)66(42-25-11-4-12-26-42)59-44-27-17-33-63-34-18-28-45(58(44)63)60(68-54)57(59)62/h1-16,19-26,29-32,35-38H,17-18,27-28,33-34H2. The van der Waals surface area contributed by atoms with Gasteiger partial charge in [0, 0.05) is 76.3 Å². The third kappa shape index (κ3) is 5.43. The van der Waals surface area contributed by atoms with Crippen LogP contribution in [-0.2, 0) is 12.8 Å². The first kappa shape index (κ1) is 38.1. The van der Waals surface area contributed by atoms with Crippen LogP contribution in [0.3, 0.4) is 0 Å². The van der Waals surface area contributed by atoms with Crippen LogP contribution in [0.1, 0.15) is 24.0 Å². The maximum atomic E-state index is 7.53. The van der Waals surface area contributed by atoms with Crippen molar-refractivity contribution < 1.29 is 9.47 Å². The molecule has 0 amide bonds. The molecule has 15 rings (SSSR count).